The summed E-state index contributed by atoms with van der Waals surface area (Å²) in [6.07, 6.45) is 0. The molecule has 0 aliphatic heterocycles. The molecule has 0 N–H and O–H groups in total. The van der Waals surface area contributed by atoms with Gasteiger partial charge in [0.1, 0.15) is 0 Å². The van der Waals surface area contributed by atoms with E-state index in [1.807, 2.05) is 0 Å². The first-order valence-corrected chi connectivity index (χ1v) is 10.3. The normalized spacial score (nSPS) is 10.1. The van der Waals surface area contributed by atoms with E-state index in [1.54, 1.807) is 20.0 Å². The van der Waals surface area contributed by atoms with Crippen molar-refractivity contribution in [2.24, 2.45) is 5.92 Å². The highest BCUT2D eigenvalue weighted by molar-refractivity contribution is 7.61. The molecule has 0 spiro atoms. The van der Waals surface area contributed by atoms with Gasteiger partial charge in [0.2, 0.25) is 0 Å². The van der Waals surface area contributed by atoms with Gasteiger partial charge in [0.05, 0.1) is 7.14 Å². The minimum absolute atomic E-state index is 0.380. The Morgan fingerprint density at radius 3 is 0.923 bits per heavy atom. The zero-order chi connectivity index (χ0) is 11.7. The zero-order valence-electron chi connectivity index (χ0n) is 10.9. The summed E-state index contributed by atoms with van der Waals surface area (Å²) in [5, 5.41) is 0. The van der Waals surface area contributed by atoms with Crippen LogP contribution in [0, 0.1) is 5.92 Å². The summed E-state index contributed by atoms with van der Waals surface area (Å²) in [5.41, 5.74) is 0. The van der Waals surface area contributed by atoms with Crippen molar-refractivity contribution >= 4 is 15.1 Å². The maximum Gasteiger partial charge on any atom is 0.0790 e. The van der Waals surface area contributed by atoms with E-state index in [2.05, 4.69) is 40.8 Å². The first kappa shape index (κ1) is 19.3. The molecule has 0 aromatic carbocycles. The van der Waals surface area contributed by atoms with Crippen LogP contribution in [0.1, 0.15) is 20.8 Å². The molecule has 84 valence electrons. The smallest absolute Gasteiger partial charge is 0.0790 e. The summed E-state index contributed by atoms with van der Waals surface area (Å²) in [4.78, 5) is 0. The molecule has 13 heavy (non-hydrogen) atoms. The molecule has 3 heteroatoms. The molecule has 0 saturated heterocycles. The minimum Gasteiger partial charge on any atom is -0.324 e. The fraction of sp³-hybridized carbons (Fsp3) is 1.00. The Hall–Kier alpha value is 0.660. The van der Waals surface area contributed by atoms with E-state index in [1.165, 1.54) is 0 Å². The predicted molar refractivity (Wildman–Crippen MR) is 70.6 cm³/mol. The molecule has 0 amide bonds. The third kappa shape index (κ3) is 3300. The van der Waals surface area contributed by atoms with Crippen LogP contribution in [0.15, 0.2) is 0 Å². The zero-order valence-corrected chi connectivity index (χ0v) is 12.7. The maximum absolute atomic E-state index is 10.2. The summed E-state index contributed by atoms with van der Waals surface area (Å²) in [6, 6.07) is 0. The molecule has 0 fully saturated rings. The Bertz CT molecular complexity index is 105. The van der Waals surface area contributed by atoms with Gasteiger partial charge in [-0.3, -0.25) is 0 Å². The lowest BCUT2D eigenvalue weighted by Gasteiger charge is -1.86. The predicted octanol–water partition coefficient (Wildman–Crippen LogP) is 4.26. The fourth-order valence-corrected chi connectivity index (χ4v) is 0. The van der Waals surface area contributed by atoms with Crippen LogP contribution in [0.4, 0.5) is 0 Å². The molecular formula is C10H28OP2. The summed E-state index contributed by atoms with van der Waals surface area (Å²) < 4.78 is 10.2. The van der Waals surface area contributed by atoms with Crippen LogP contribution in [0.2, 0.25) is 0 Å². The van der Waals surface area contributed by atoms with Crippen molar-refractivity contribution in [3.8, 4) is 0 Å². The average Bonchev–Trinajstić information content (AvgIpc) is 1.50. The van der Waals surface area contributed by atoms with Crippen molar-refractivity contribution in [1.29, 1.82) is 0 Å². The monoisotopic (exact) mass is 226 g/mol. The Labute approximate surface area is 86.8 Å². The van der Waals surface area contributed by atoms with Gasteiger partial charge in [-0.15, -0.1) is 7.92 Å². The van der Waals surface area contributed by atoms with Crippen LogP contribution in [-0.2, 0) is 4.57 Å². The second kappa shape index (κ2) is 10.7. The van der Waals surface area contributed by atoms with E-state index in [0.29, 0.717) is 7.92 Å². The average molecular weight is 226 g/mol. The van der Waals surface area contributed by atoms with E-state index in [9.17, 15) is 4.57 Å². The highest BCUT2D eigenvalue weighted by Gasteiger charge is 1.89. The quantitative estimate of drug-likeness (QED) is 0.564. The lowest BCUT2D eigenvalue weighted by Crippen LogP contribution is -1.66. The van der Waals surface area contributed by atoms with Crippen molar-refractivity contribution in [2.45, 2.75) is 20.8 Å². The molecule has 0 heterocycles. The number of hydrogen-bond acceptors (Lipinski definition) is 1. The van der Waals surface area contributed by atoms with Gasteiger partial charge in [-0.1, -0.05) is 20.8 Å². The topological polar surface area (TPSA) is 17.1 Å². The molecule has 0 aromatic heterocycles. The van der Waals surface area contributed by atoms with Crippen LogP contribution in [0.3, 0.4) is 0 Å². The van der Waals surface area contributed by atoms with E-state index in [0.717, 1.165) is 5.92 Å². The van der Waals surface area contributed by atoms with E-state index in [-0.39, 0.29) is 0 Å². The Balaban J connectivity index is -0.000000117. The Morgan fingerprint density at radius 1 is 0.923 bits per heavy atom. The highest BCUT2D eigenvalue weighted by Crippen LogP contribution is 2.28. The molecule has 0 rings (SSSR count). The van der Waals surface area contributed by atoms with Gasteiger partial charge >= 0.3 is 0 Å². The van der Waals surface area contributed by atoms with Crippen molar-refractivity contribution in [2.75, 3.05) is 40.0 Å². The SMILES string of the molecule is CC(C)C.CP(C)(C)=O.CP(C)C. The second-order valence-electron chi connectivity index (χ2n) is 4.96. The van der Waals surface area contributed by atoms with E-state index < -0.39 is 7.14 Å². The molecule has 0 aliphatic carbocycles. The summed E-state index contributed by atoms with van der Waals surface area (Å²) in [5.74, 6) is 0.833. The standard InChI is InChI=1S/C4H10.C3H9OP.C3H9P/c1-4(2)3;1-5(2,3)4;1-4(2)3/h4H,1-3H3;1-3H3;1-3H3. The third-order valence-corrected chi connectivity index (χ3v) is 0. The van der Waals surface area contributed by atoms with Crippen molar-refractivity contribution in [3.63, 3.8) is 0 Å². The molecule has 0 unspecified atom stereocenters. The van der Waals surface area contributed by atoms with E-state index >= 15 is 0 Å². The first-order valence-electron chi connectivity index (χ1n) is 4.60. The summed E-state index contributed by atoms with van der Waals surface area (Å²) in [6.45, 7) is 18.4. The van der Waals surface area contributed by atoms with Gasteiger partial charge < -0.3 is 4.57 Å². The van der Waals surface area contributed by atoms with Gasteiger partial charge in [-0.2, -0.15) is 0 Å². The molecule has 0 saturated carbocycles. The molecule has 0 aromatic rings. The van der Waals surface area contributed by atoms with Crippen molar-refractivity contribution in [1.82, 2.24) is 0 Å². The molecule has 0 atom stereocenters. The van der Waals surface area contributed by atoms with Crippen LogP contribution < -0.4 is 0 Å². The van der Waals surface area contributed by atoms with Crippen LogP contribution in [0.5, 0.6) is 0 Å². The van der Waals surface area contributed by atoms with E-state index in [4.69, 9.17) is 0 Å². The third-order valence-electron chi connectivity index (χ3n) is 0. The lowest BCUT2D eigenvalue weighted by atomic mass is 10.3. The van der Waals surface area contributed by atoms with Gasteiger partial charge in [0.25, 0.3) is 0 Å². The molecule has 0 aliphatic rings. The number of hydrogen-bond donors (Lipinski definition) is 0. The highest BCUT2D eigenvalue weighted by atomic mass is 31.2. The molecule has 1 nitrogen and oxygen atoms in total. The van der Waals surface area contributed by atoms with Crippen LogP contribution in [-0.4, -0.2) is 40.0 Å². The Morgan fingerprint density at radius 2 is 0.923 bits per heavy atom. The van der Waals surface area contributed by atoms with Crippen molar-refractivity contribution in [3.05, 3.63) is 0 Å². The second-order valence-corrected chi connectivity index (χ2v) is 11.4. The van der Waals surface area contributed by atoms with Gasteiger partial charge in [-0.05, 0) is 45.9 Å². The molecule has 0 bridgehead atoms. The van der Waals surface area contributed by atoms with Crippen LogP contribution >= 0.6 is 15.1 Å². The largest absolute Gasteiger partial charge is 0.324 e. The maximum atomic E-state index is 10.2. The van der Waals surface area contributed by atoms with Gasteiger partial charge in [0, 0.05) is 0 Å². The molecule has 0 radical (unpaired) electrons. The fourth-order valence-electron chi connectivity index (χ4n) is 0. The summed E-state index contributed by atoms with van der Waals surface area (Å²) >= 11 is 0. The van der Waals surface area contributed by atoms with Crippen molar-refractivity contribution < 1.29 is 4.57 Å². The van der Waals surface area contributed by atoms with Crippen LogP contribution in [0.25, 0.3) is 0 Å². The summed E-state index contributed by atoms with van der Waals surface area (Å²) in [7, 11) is -1.26. The minimum atomic E-state index is -1.64. The lowest BCUT2D eigenvalue weighted by molar-refractivity contribution is 0.586. The first-order chi connectivity index (χ1) is 5.46. The van der Waals surface area contributed by atoms with Gasteiger partial charge in [0.15, 0.2) is 0 Å². The number of rotatable bonds is 0. The van der Waals surface area contributed by atoms with Gasteiger partial charge in [-0.25, -0.2) is 0 Å². The molecular weight excluding hydrogens is 198 g/mol. The Kier molecular flexibility index (Phi) is 15.9.